The van der Waals surface area contributed by atoms with Gasteiger partial charge in [-0.05, 0) is 12.5 Å². The number of nitrogens with one attached hydrogen (secondary N) is 1. The van der Waals surface area contributed by atoms with Crippen molar-refractivity contribution in [2.24, 2.45) is 5.73 Å². The second kappa shape index (κ2) is 7.68. The molecule has 16 heavy (non-hydrogen) atoms. The number of nitrogens with zero attached hydrogens (tertiary/aromatic N) is 1. The summed E-state index contributed by atoms with van der Waals surface area (Å²) < 4.78 is 5.23. The van der Waals surface area contributed by atoms with Gasteiger partial charge in [-0.25, -0.2) is 4.98 Å². The normalized spacial score (nSPS) is 10.4. The van der Waals surface area contributed by atoms with Crippen LogP contribution in [-0.2, 0) is 4.74 Å². The number of hydrogen-bond donors (Lipinski definition) is 2. The first-order valence-corrected chi connectivity index (χ1v) is 5.82. The van der Waals surface area contributed by atoms with Crippen LogP contribution in [0.5, 0.6) is 0 Å². The summed E-state index contributed by atoms with van der Waals surface area (Å²) in [7, 11) is 0. The molecule has 4 nitrogen and oxygen atoms in total. The van der Waals surface area contributed by atoms with E-state index in [-0.39, 0.29) is 0 Å². The maximum atomic E-state index is 5.93. The predicted octanol–water partition coefficient (Wildman–Crippen LogP) is 2.17. The molecule has 0 amide bonds. The first-order valence-electron chi connectivity index (χ1n) is 5.06. The highest BCUT2D eigenvalue weighted by molar-refractivity contribution is 6.35. The Morgan fingerprint density at radius 2 is 2.19 bits per heavy atom. The average molecular weight is 264 g/mol. The van der Waals surface area contributed by atoms with Gasteiger partial charge < -0.3 is 15.8 Å². The molecule has 0 aliphatic heterocycles. The molecule has 90 valence electrons. The van der Waals surface area contributed by atoms with E-state index in [0.717, 1.165) is 13.0 Å². The van der Waals surface area contributed by atoms with Crippen molar-refractivity contribution in [1.82, 2.24) is 4.98 Å². The van der Waals surface area contributed by atoms with Gasteiger partial charge >= 0.3 is 0 Å². The SMILES string of the molecule is NCCOCCCNc1ncc(Cl)cc1Cl. The number of ether oxygens (including phenoxy) is 1. The molecule has 0 atom stereocenters. The van der Waals surface area contributed by atoms with Crippen molar-refractivity contribution in [3.05, 3.63) is 22.3 Å². The fourth-order valence-electron chi connectivity index (χ4n) is 1.11. The topological polar surface area (TPSA) is 60.2 Å². The smallest absolute Gasteiger partial charge is 0.144 e. The van der Waals surface area contributed by atoms with Crippen molar-refractivity contribution < 1.29 is 4.74 Å². The van der Waals surface area contributed by atoms with Gasteiger partial charge in [-0.3, -0.25) is 0 Å². The number of hydrogen-bond acceptors (Lipinski definition) is 4. The molecule has 0 bridgehead atoms. The first kappa shape index (κ1) is 13.5. The molecule has 1 heterocycles. The highest BCUT2D eigenvalue weighted by atomic mass is 35.5. The third-order valence-corrected chi connectivity index (χ3v) is 2.32. The largest absolute Gasteiger partial charge is 0.380 e. The van der Waals surface area contributed by atoms with Crippen molar-refractivity contribution in [1.29, 1.82) is 0 Å². The minimum Gasteiger partial charge on any atom is -0.380 e. The summed E-state index contributed by atoms with van der Waals surface area (Å²) >= 11 is 11.7. The summed E-state index contributed by atoms with van der Waals surface area (Å²) in [6.07, 6.45) is 2.43. The van der Waals surface area contributed by atoms with Gasteiger partial charge in [-0.15, -0.1) is 0 Å². The molecular weight excluding hydrogens is 249 g/mol. The van der Waals surface area contributed by atoms with Crippen LogP contribution in [0.2, 0.25) is 10.0 Å². The van der Waals surface area contributed by atoms with E-state index < -0.39 is 0 Å². The van der Waals surface area contributed by atoms with Crippen LogP contribution < -0.4 is 11.1 Å². The Morgan fingerprint density at radius 3 is 2.88 bits per heavy atom. The zero-order valence-electron chi connectivity index (χ0n) is 8.88. The zero-order chi connectivity index (χ0) is 11.8. The summed E-state index contributed by atoms with van der Waals surface area (Å²) in [6, 6.07) is 1.66. The van der Waals surface area contributed by atoms with E-state index in [2.05, 4.69) is 10.3 Å². The molecule has 1 aromatic rings. The van der Waals surface area contributed by atoms with E-state index in [1.165, 1.54) is 0 Å². The standard InChI is InChI=1S/C10H15Cl2N3O/c11-8-6-9(12)10(15-7-8)14-3-1-4-16-5-2-13/h6-7H,1-5,13H2,(H,14,15). The summed E-state index contributed by atoms with van der Waals surface area (Å²) in [5, 5.41) is 4.16. The zero-order valence-corrected chi connectivity index (χ0v) is 10.4. The first-order chi connectivity index (χ1) is 7.74. The number of halogens is 2. The van der Waals surface area contributed by atoms with Gasteiger partial charge in [0.15, 0.2) is 0 Å². The molecule has 6 heteroatoms. The third-order valence-electron chi connectivity index (χ3n) is 1.83. The number of nitrogens with two attached hydrogens (primary N) is 1. The molecule has 1 rings (SSSR count). The molecule has 0 saturated carbocycles. The Morgan fingerprint density at radius 1 is 1.38 bits per heavy atom. The Hall–Kier alpha value is -0.550. The minimum atomic E-state index is 0.523. The minimum absolute atomic E-state index is 0.523. The van der Waals surface area contributed by atoms with Gasteiger partial charge in [0.25, 0.3) is 0 Å². The average Bonchev–Trinajstić information content (AvgIpc) is 2.26. The van der Waals surface area contributed by atoms with Gasteiger partial charge in [-0.2, -0.15) is 0 Å². The quantitative estimate of drug-likeness (QED) is 0.741. The maximum absolute atomic E-state index is 5.93. The van der Waals surface area contributed by atoms with Crippen LogP contribution in [0, 0.1) is 0 Å². The molecule has 0 fully saturated rings. The molecule has 0 aromatic carbocycles. The Kier molecular flexibility index (Phi) is 6.49. The van der Waals surface area contributed by atoms with E-state index in [1.807, 2.05) is 0 Å². The van der Waals surface area contributed by atoms with Crippen LogP contribution >= 0.6 is 23.2 Å². The van der Waals surface area contributed by atoms with Gasteiger partial charge in [-0.1, -0.05) is 23.2 Å². The van der Waals surface area contributed by atoms with E-state index in [9.17, 15) is 0 Å². The lowest BCUT2D eigenvalue weighted by atomic mass is 10.4. The number of aromatic nitrogens is 1. The monoisotopic (exact) mass is 263 g/mol. The van der Waals surface area contributed by atoms with Crippen molar-refractivity contribution in [3.8, 4) is 0 Å². The van der Waals surface area contributed by atoms with Crippen molar-refractivity contribution in [2.45, 2.75) is 6.42 Å². The van der Waals surface area contributed by atoms with Crippen molar-refractivity contribution in [2.75, 3.05) is 31.6 Å². The van der Waals surface area contributed by atoms with Crippen LogP contribution in [0.15, 0.2) is 12.3 Å². The molecule has 0 spiro atoms. The Balaban J connectivity index is 2.21. The van der Waals surface area contributed by atoms with Crippen LogP contribution in [0.4, 0.5) is 5.82 Å². The number of pyridine rings is 1. The van der Waals surface area contributed by atoms with Crippen LogP contribution in [0.1, 0.15) is 6.42 Å². The molecule has 0 unspecified atom stereocenters. The third kappa shape index (κ3) is 4.99. The van der Waals surface area contributed by atoms with Gasteiger partial charge in [0.1, 0.15) is 5.82 Å². The lowest BCUT2D eigenvalue weighted by Crippen LogP contribution is -2.11. The molecule has 0 aliphatic carbocycles. The van der Waals surface area contributed by atoms with Crippen LogP contribution in [0.25, 0.3) is 0 Å². The lowest BCUT2D eigenvalue weighted by Gasteiger charge is -2.07. The molecule has 0 saturated heterocycles. The second-order valence-corrected chi connectivity index (χ2v) is 4.01. The summed E-state index contributed by atoms with van der Waals surface area (Å²) in [6.45, 7) is 2.58. The van der Waals surface area contributed by atoms with Crippen LogP contribution in [-0.4, -0.2) is 31.3 Å². The fraction of sp³-hybridized carbons (Fsp3) is 0.500. The Labute approximate surface area is 105 Å². The maximum Gasteiger partial charge on any atom is 0.144 e. The molecule has 0 radical (unpaired) electrons. The summed E-state index contributed by atoms with van der Waals surface area (Å²) in [4.78, 5) is 4.08. The Bertz CT molecular complexity index is 323. The fourth-order valence-corrected chi connectivity index (χ4v) is 1.56. The second-order valence-electron chi connectivity index (χ2n) is 3.17. The predicted molar refractivity (Wildman–Crippen MR) is 67.2 cm³/mol. The molecular formula is C10H15Cl2N3O. The van der Waals surface area contributed by atoms with E-state index in [4.69, 9.17) is 33.7 Å². The van der Waals surface area contributed by atoms with E-state index in [1.54, 1.807) is 12.3 Å². The molecule has 1 aromatic heterocycles. The number of anilines is 1. The summed E-state index contributed by atoms with van der Waals surface area (Å²) in [5.74, 6) is 0.643. The van der Waals surface area contributed by atoms with E-state index in [0.29, 0.717) is 35.6 Å². The van der Waals surface area contributed by atoms with E-state index >= 15 is 0 Å². The molecule has 0 aliphatic rings. The van der Waals surface area contributed by atoms with Gasteiger partial charge in [0.2, 0.25) is 0 Å². The highest BCUT2D eigenvalue weighted by Crippen LogP contribution is 2.22. The molecule has 3 N–H and O–H groups in total. The highest BCUT2D eigenvalue weighted by Gasteiger charge is 2.01. The van der Waals surface area contributed by atoms with Gasteiger partial charge in [0, 0.05) is 25.9 Å². The number of rotatable bonds is 7. The van der Waals surface area contributed by atoms with Crippen LogP contribution in [0.3, 0.4) is 0 Å². The summed E-state index contributed by atoms with van der Waals surface area (Å²) in [5.41, 5.74) is 5.29. The lowest BCUT2D eigenvalue weighted by molar-refractivity contribution is 0.141. The van der Waals surface area contributed by atoms with Crippen molar-refractivity contribution >= 4 is 29.0 Å². The van der Waals surface area contributed by atoms with Crippen molar-refractivity contribution in [3.63, 3.8) is 0 Å². The van der Waals surface area contributed by atoms with Gasteiger partial charge in [0.05, 0.1) is 16.7 Å².